The van der Waals surface area contributed by atoms with Gasteiger partial charge in [-0.15, -0.1) is 11.3 Å². The Bertz CT molecular complexity index is 1230. The minimum absolute atomic E-state index is 0.0168. The maximum absolute atomic E-state index is 12.6. The number of thiazole rings is 1. The fourth-order valence-electron chi connectivity index (χ4n) is 2.88. The van der Waals surface area contributed by atoms with Crippen LogP contribution < -0.4 is 5.32 Å². The number of aromatic nitrogens is 1. The molecule has 9 heteroatoms. The predicted molar refractivity (Wildman–Crippen MR) is 117 cm³/mol. The normalized spacial score (nSPS) is 11.3. The van der Waals surface area contributed by atoms with Crippen LogP contribution in [0.1, 0.15) is 16.7 Å². The van der Waals surface area contributed by atoms with Crippen molar-refractivity contribution in [1.82, 2.24) is 9.29 Å². The van der Waals surface area contributed by atoms with Crippen molar-refractivity contribution in [2.24, 2.45) is 0 Å². The molecule has 0 aliphatic rings. The maximum atomic E-state index is 12.6. The summed E-state index contributed by atoms with van der Waals surface area (Å²) >= 11 is 1.28. The zero-order valence-electron chi connectivity index (χ0n) is 16.7. The molecule has 3 aromatic rings. The topological polar surface area (TPSA) is 103 Å². The average Bonchev–Trinajstić information content (AvgIpc) is 3.15. The standard InChI is InChI=1S/C21H20N4O3S2/c1-14-4-9-18(15(2)10-14)19-13-29-21(23-19)24-20(26)12-25(3)30(27,28)17-7-5-16(11-22)6-8-17/h4-10,13H,12H2,1-3H3,(H,23,24,26). The molecule has 154 valence electrons. The van der Waals surface area contributed by atoms with Gasteiger partial charge < -0.3 is 5.32 Å². The fraction of sp³-hybridized carbons (Fsp3) is 0.190. The number of anilines is 1. The van der Waals surface area contributed by atoms with Gasteiger partial charge in [0.05, 0.1) is 28.8 Å². The van der Waals surface area contributed by atoms with E-state index in [-0.39, 0.29) is 11.4 Å². The van der Waals surface area contributed by atoms with E-state index in [9.17, 15) is 13.2 Å². The van der Waals surface area contributed by atoms with Crippen LogP contribution >= 0.6 is 11.3 Å². The second kappa shape index (κ2) is 8.75. The summed E-state index contributed by atoms with van der Waals surface area (Å²) in [5.41, 5.74) is 4.35. The highest BCUT2D eigenvalue weighted by atomic mass is 32.2. The van der Waals surface area contributed by atoms with Crippen LogP contribution in [0.4, 0.5) is 5.13 Å². The van der Waals surface area contributed by atoms with Crippen molar-refractivity contribution < 1.29 is 13.2 Å². The van der Waals surface area contributed by atoms with Gasteiger partial charge in [0.15, 0.2) is 5.13 Å². The molecule has 1 N–H and O–H groups in total. The van der Waals surface area contributed by atoms with Crippen molar-refractivity contribution in [3.63, 3.8) is 0 Å². The van der Waals surface area contributed by atoms with Crippen LogP contribution in [0.15, 0.2) is 52.7 Å². The number of carbonyl (C=O) groups is 1. The summed E-state index contributed by atoms with van der Waals surface area (Å²) in [6.07, 6.45) is 0. The third kappa shape index (κ3) is 4.74. The van der Waals surface area contributed by atoms with Gasteiger partial charge in [-0.3, -0.25) is 4.79 Å². The van der Waals surface area contributed by atoms with E-state index in [4.69, 9.17) is 5.26 Å². The first-order chi connectivity index (χ1) is 14.2. The average molecular weight is 441 g/mol. The van der Waals surface area contributed by atoms with Gasteiger partial charge in [0.1, 0.15) is 0 Å². The molecule has 1 heterocycles. The number of nitriles is 1. The molecule has 7 nitrogen and oxygen atoms in total. The molecule has 1 aromatic heterocycles. The lowest BCUT2D eigenvalue weighted by Gasteiger charge is -2.16. The lowest BCUT2D eigenvalue weighted by molar-refractivity contribution is -0.116. The Balaban J connectivity index is 1.68. The van der Waals surface area contributed by atoms with E-state index in [1.54, 1.807) is 0 Å². The Morgan fingerprint density at radius 1 is 1.20 bits per heavy atom. The van der Waals surface area contributed by atoms with E-state index in [1.165, 1.54) is 42.6 Å². The highest BCUT2D eigenvalue weighted by molar-refractivity contribution is 7.89. The van der Waals surface area contributed by atoms with Gasteiger partial charge in [-0.2, -0.15) is 9.57 Å². The van der Waals surface area contributed by atoms with Crippen LogP contribution in [-0.4, -0.2) is 37.2 Å². The third-order valence-electron chi connectivity index (χ3n) is 4.47. The van der Waals surface area contributed by atoms with E-state index in [1.807, 2.05) is 37.4 Å². The van der Waals surface area contributed by atoms with Gasteiger partial charge in [0.25, 0.3) is 0 Å². The summed E-state index contributed by atoms with van der Waals surface area (Å²) in [5, 5.41) is 13.7. The molecule has 0 atom stereocenters. The van der Waals surface area contributed by atoms with E-state index in [0.717, 1.165) is 26.7 Å². The molecule has 3 rings (SSSR count). The summed E-state index contributed by atoms with van der Waals surface area (Å²) in [6, 6.07) is 13.5. The second-order valence-electron chi connectivity index (χ2n) is 6.80. The van der Waals surface area contributed by atoms with Crippen LogP contribution in [0.5, 0.6) is 0 Å². The van der Waals surface area contributed by atoms with Crippen molar-refractivity contribution in [1.29, 1.82) is 5.26 Å². The van der Waals surface area contributed by atoms with E-state index < -0.39 is 15.9 Å². The first-order valence-electron chi connectivity index (χ1n) is 9.00. The van der Waals surface area contributed by atoms with Gasteiger partial charge in [0, 0.05) is 18.0 Å². The maximum Gasteiger partial charge on any atom is 0.243 e. The molecule has 0 unspecified atom stereocenters. The molecule has 0 saturated carbocycles. The highest BCUT2D eigenvalue weighted by Gasteiger charge is 2.23. The summed E-state index contributed by atoms with van der Waals surface area (Å²) in [6.45, 7) is 3.66. The number of carbonyl (C=O) groups excluding carboxylic acids is 1. The second-order valence-corrected chi connectivity index (χ2v) is 9.70. The van der Waals surface area contributed by atoms with Gasteiger partial charge >= 0.3 is 0 Å². The molecular weight excluding hydrogens is 420 g/mol. The number of benzene rings is 2. The number of nitrogens with zero attached hydrogens (tertiary/aromatic N) is 3. The molecule has 0 radical (unpaired) electrons. The van der Waals surface area contributed by atoms with Gasteiger partial charge in [0.2, 0.25) is 15.9 Å². The number of amides is 1. The van der Waals surface area contributed by atoms with Crippen LogP contribution in [-0.2, 0) is 14.8 Å². The highest BCUT2D eigenvalue weighted by Crippen LogP contribution is 2.28. The number of aryl methyl sites for hydroxylation is 2. The third-order valence-corrected chi connectivity index (χ3v) is 7.04. The van der Waals surface area contributed by atoms with Gasteiger partial charge in [-0.05, 0) is 43.7 Å². The van der Waals surface area contributed by atoms with Crippen LogP contribution in [0, 0.1) is 25.2 Å². The number of hydrogen-bond donors (Lipinski definition) is 1. The van der Waals surface area contributed by atoms with Crippen molar-refractivity contribution in [2.45, 2.75) is 18.7 Å². The zero-order chi connectivity index (χ0) is 21.9. The molecule has 1 amide bonds. The SMILES string of the molecule is Cc1ccc(-c2csc(NC(=O)CN(C)S(=O)(=O)c3ccc(C#N)cc3)n2)c(C)c1. The summed E-state index contributed by atoms with van der Waals surface area (Å²) < 4.78 is 26.2. The molecule has 0 fully saturated rings. The molecule has 30 heavy (non-hydrogen) atoms. The van der Waals surface area contributed by atoms with Gasteiger partial charge in [-0.1, -0.05) is 23.8 Å². The Hall–Kier alpha value is -3.06. The van der Waals surface area contributed by atoms with Crippen molar-refractivity contribution in [3.05, 3.63) is 64.5 Å². The number of hydrogen-bond acceptors (Lipinski definition) is 6. The largest absolute Gasteiger partial charge is 0.301 e. The lowest BCUT2D eigenvalue weighted by Crippen LogP contribution is -2.34. The number of sulfonamides is 1. The number of nitrogens with one attached hydrogen (secondary N) is 1. The van der Waals surface area contributed by atoms with Gasteiger partial charge in [-0.25, -0.2) is 13.4 Å². The monoisotopic (exact) mass is 440 g/mol. The summed E-state index contributed by atoms with van der Waals surface area (Å²) in [4.78, 5) is 16.8. The Morgan fingerprint density at radius 3 is 2.53 bits per heavy atom. The quantitative estimate of drug-likeness (QED) is 0.631. The Kier molecular flexibility index (Phi) is 6.31. The molecular formula is C21H20N4O3S2. The Labute approximate surface area is 179 Å². The molecule has 2 aromatic carbocycles. The first-order valence-corrected chi connectivity index (χ1v) is 11.3. The summed E-state index contributed by atoms with van der Waals surface area (Å²) in [7, 11) is -2.52. The van der Waals surface area contributed by atoms with Crippen molar-refractivity contribution in [2.75, 3.05) is 18.9 Å². The molecule has 0 bridgehead atoms. The van der Waals surface area contributed by atoms with Crippen LogP contribution in [0.25, 0.3) is 11.3 Å². The van der Waals surface area contributed by atoms with E-state index in [2.05, 4.69) is 16.4 Å². The molecule has 0 aliphatic carbocycles. The number of likely N-dealkylation sites (N-methyl/N-ethyl adjacent to an activating group) is 1. The molecule has 0 spiro atoms. The smallest absolute Gasteiger partial charge is 0.243 e. The van der Waals surface area contributed by atoms with E-state index in [0.29, 0.717) is 10.7 Å². The lowest BCUT2D eigenvalue weighted by atomic mass is 10.0. The Morgan fingerprint density at radius 2 is 1.90 bits per heavy atom. The molecule has 0 aliphatic heterocycles. The van der Waals surface area contributed by atoms with Crippen molar-refractivity contribution in [3.8, 4) is 17.3 Å². The fourth-order valence-corrected chi connectivity index (χ4v) is 4.74. The zero-order valence-corrected chi connectivity index (χ0v) is 18.3. The van der Waals surface area contributed by atoms with E-state index >= 15 is 0 Å². The van der Waals surface area contributed by atoms with Crippen molar-refractivity contribution >= 4 is 32.4 Å². The predicted octanol–water partition coefficient (Wildman–Crippen LogP) is 3.56. The number of rotatable bonds is 6. The molecule has 0 saturated heterocycles. The minimum atomic E-state index is -3.85. The minimum Gasteiger partial charge on any atom is -0.301 e. The summed E-state index contributed by atoms with van der Waals surface area (Å²) in [5.74, 6) is -0.490. The van der Waals surface area contributed by atoms with Crippen LogP contribution in [0.2, 0.25) is 0 Å². The first kappa shape index (κ1) is 21.6. The van der Waals surface area contributed by atoms with Crippen LogP contribution in [0.3, 0.4) is 0 Å².